The van der Waals surface area contributed by atoms with Crippen LogP contribution in [0.1, 0.15) is 25.3 Å². The molecule has 1 atom stereocenters. The highest BCUT2D eigenvalue weighted by Crippen LogP contribution is 2.29. The molecule has 146 valence electrons. The van der Waals surface area contributed by atoms with Crippen molar-refractivity contribution in [2.75, 3.05) is 0 Å². The van der Waals surface area contributed by atoms with Crippen LogP contribution >= 0.6 is 11.8 Å². The molecule has 4 aromatic rings. The third-order valence-corrected chi connectivity index (χ3v) is 6.06. The van der Waals surface area contributed by atoms with Gasteiger partial charge >= 0.3 is 0 Å². The zero-order chi connectivity index (χ0) is 19.8. The highest BCUT2D eigenvalue weighted by molar-refractivity contribution is 8.00. The topological polar surface area (TPSA) is 72.7 Å². The minimum atomic E-state index is -0.262. The average molecular weight is 404 g/mol. The van der Waals surface area contributed by atoms with Crippen molar-refractivity contribution in [3.8, 4) is 0 Å². The van der Waals surface area contributed by atoms with Crippen molar-refractivity contribution in [2.24, 2.45) is 0 Å². The summed E-state index contributed by atoms with van der Waals surface area (Å²) in [6.45, 7) is 2.58. The van der Waals surface area contributed by atoms with E-state index in [2.05, 4.69) is 38.3 Å². The molecule has 1 fully saturated rings. The van der Waals surface area contributed by atoms with E-state index in [-0.39, 0.29) is 11.2 Å². The zero-order valence-electron chi connectivity index (χ0n) is 16.1. The Bertz CT molecular complexity index is 1190. The summed E-state index contributed by atoms with van der Waals surface area (Å²) in [7, 11) is 0. The zero-order valence-corrected chi connectivity index (χ0v) is 16.9. The first-order valence-corrected chi connectivity index (χ1v) is 10.7. The Morgan fingerprint density at radius 1 is 1.14 bits per heavy atom. The molecular weight excluding hydrogens is 382 g/mol. The average Bonchev–Trinajstić information content (AvgIpc) is 3.51. The van der Waals surface area contributed by atoms with Gasteiger partial charge in [0, 0.05) is 18.0 Å². The number of fused-ring (bicyclic) bond motifs is 3. The molecule has 2 heterocycles. The van der Waals surface area contributed by atoms with Crippen molar-refractivity contribution >= 4 is 39.7 Å². The highest BCUT2D eigenvalue weighted by Gasteiger charge is 2.26. The second-order valence-corrected chi connectivity index (χ2v) is 8.71. The second-order valence-electron chi connectivity index (χ2n) is 7.40. The summed E-state index contributed by atoms with van der Waals surface area (Å²) in [5.41, 5.74) is 3.85. The molecule has 0 spiro atoms. The van der Waals surface area contributed by atoms with Crippen LogP contribution in [0.15, 0.2) is 59.8 Å². The fourth-order valence-electron chi connectivity index (χ4n) is 3.42. The summed E-state index contributed by atoms with van der Waals surface area (Å²) in [4.78, 5) is 17.1. The normalized spacial score (nSPS) is 14.9. The monoisotopic (exact) mass is 403 g/mol. The van der Waals surface area contributed by atoms with Gasteiger partial charge in [0.25, 0.3) is 0 Å². The van der Waals surface area contributed by atoms with Crippen molar-refractivity contribution < 1.29 is 4.79 Å². The van der Waals surface area contributed by atoms with Gasteiger partial charge in [0.05, 0.1) is 10.8 Å². The van der Waals surface area contributed by atoms with Crippen LogP contribution in [0.4, 0.5) is 0 Å². The van der Waals surface area contributed by atoms with Crippen LogP contribution in [-0.2, 0) is 11.3 Å². The lowest BCUT2D eigenvalue weighted by Gasteiger charge is -2.10. The Labute approximate surface area is 172 Å². The number of nitrogens with one attached hydrogen (secondary N) is 1. The predicted octanol–water partition coefficient (Wildman–Crippen LogP) is 3.79. The molecule has 1 aliphatic carbocycles. The summed E-state index contributed by atoms with van der Waals surface area (Å²) >= 11 is 1.35. The summed E-state index contributed by atoms with van der Waals surface area (Å²) in [6.07, 6.45) is 2.15. The Morgan fingerprint density at radius 2 is 1.90 bits per heavy atom. The van der Waals surface area contributed by atoms with Gasteiger partial charge in [-0.05, 0) is 31.4 Å². The van der Waals surface area contributed by atoms with Crippen LogP contribution in [0.2, 0.25) is 0 Å². The number of para-hydroxylation sites is 1. The summed E-state index contributed by atoms with van der Waals surface area (Å²) < 4.78 is 2.17. The largest absolute Gasteiger partial charge is 0.352 e. The standard InChI is InChI=1S/C22H21N5OS/c1-14(21(28)23-16-11-12-16)29-22-24-20-19(25-26-22)17-9-5-6-10-18(17)27(20)13-15-7-3-2-4-8-15/h2-10,14,16H,11-13H2,1H3,(H,23,28). The molecule has 1 N–H and O–H groups in total. The number of aromatic nitrogens is 4. The Balaban J connectivity index is 1.52. The molecule has 5 rings (SSSR count). The number of nitrogens with zero attached hydrogens (tertiary/aromatic N) is 4. The molecular formula is C22H21N5OS. The number of amides is 1. The lowest BCUT2D eigenvalue weighted by molar-refractivity contribution is -0.120. The molecule has 0 aliphatic heterocycles. The van der Waals surface area contributed by atoms with Gasteiger partial charge in [-0.25, -0.2) is 4.98 Å². The second kappa shape index (κ2) is 7.48. The number of thioether (sulfide) groups is 1. The number of carbonyl (C=O) groups is 1. The molecule has 2 aromatic heterocycles. The molecule has 1 aliphatic rings. The van der Waals surface area contributed by atoms with E-state index in [1.165, 1.54) is 17.3 Å². The third kappa shape index (κ3) is 3.70. The van der Waals surface area contributed by atoms with Gasteiger partial charge in [0.2, 0.25) is 11.1 Å². The van der Waals surface area contributed by atoms with E-state index in [4.69, 9.17) is 4.98 Å². The van der Waals surface area contributed by atoms with E-state index in [1.54, 1.807) is 0 Å². The van der Waals surface area contributed by atoms with Crippen LogP contribution in [0.25, 0.3) is 22.1 Å². The van der Waals surface area contributed by atoms with Crippen LogP contribution < -0.4 is 5.32 Å². The van der Waals surface area contributed by atoms with E-state index in [0.717, 1.165) is 34.9 Å². The Morgan fingerprint density at radius 3 is 2.69 bits per heavy atom. The van der Waals surface area contributed by atoms with Crippen molar-refractivity contribution in [1.82, 2.24) is 25.1 Å². The van der Waals surface area contributed by atoms with E-state index >= 15 is 0 Å². The Hall–Kier alpha value is -2.93. The highest BCUT2D eigenvalue weighted by atomic mass is 32.2. The van der Waals surface area contributed by atoms with Gasteiger partial charge in [-0.1, -0.05) is 60.3 Å². The maximum Gasteiger partial charge on any atom is 0.233 e. The van der Waals surface area contributed by atoms with E-state index in [9.17, 15) is 4.79 Å². The maximum absolute atomic E-state index is 12.3. The quantitative estimate of drug-likeness (QED) is 0.496. The van der Waals surface area contributed by atoms with E-state index in [0.29, 0.717) is 17.7 Å². The van der Waals surface area contributed by atoms with Crippen molar-refractivity contribution in [3.05, 3.63) is 60.2 Å². The number of hydrogen-bond donors (Lipinski definition) is 1. The predicted molar refractivity (Wildman–Crippen MR) is 115 cm³/mol. The van der Waals surface area contributed by atoms with E-state index < -0.39 is 0 Å². The lowest BCUT2D eigenvalue weighted by Crippen LogP contribution is -2.32. The molecule has 7 heteroatoms. The molecule has 1 saturated carbocycles. The fraction of sp³-hybridized carbons (Fsp3) is 0.273. The summed E-state index contributed by atoms with van der Waals surface area (Å²) in [5, 5.41) is 13.1. The first-order chi connectivity index (χ1) is 14.2. The molecule has 2 aromatic carbocycles. The van der Waals surface area contributed by atoms with Crippen LogP contribution in [0, 0.1) is 0 Å². The smallest absolute Gasteiger partial charge is 0.233 e. The minimum Gasteiger partial charge on any atom is -0.352 e. The summed E-state index contributed by atoms with van der Waals surface area (Å²) in [6, 6.07) is 18.8. The van der Waals surface area contributed by atoms with Crippen LogP contribution in [0.5, 0.6) is 0 Å². The van der Waals surface area contributed by atoms with Crippen molar-refractivity contribution in [3.63, 3.8) is 0 Å². The molecule has 6 nitrogen and oxygen atoms in total. The first kappa shape index (κ1) is 18.1. The molecule has 29 heavy (non-hydrogen) atoms. The summed E-state index contributed by atoms with van der Waals surface area (Å²) in [5.74, 6) is 0.0334. The minimum absolute atomic E-state index is 0.0334. The molecule has 0 saturated heterocycles. The number of benzene rings is 2. The SMILES string of the molecule is CC(Sc1nnc2c3ccccc3n(Cc3ccccc3)c2n1)C(=O)NC1CC1. The first-order valence-electron chi connectivity index (χ1n) is 9.81. The van der Waals surface area contributed by atoms with Crippen LogP contribution in [-0.4, -0.2) is 36.9 Å². The van der Waals surface area contributed by atoms with Gasteiger partial charge in [0.15, 0.2) is 5.65 Å². The molecule has 0 bridgehead atoms. The number of hydrogen-bond acceptors (Lipinski definition) is 5. The number of carbonyl (C=O) groups excluding carboxylic acids is 1. The van der Waals surface area contributed by atoms with Gasteiger partial charge < -0.3 is 9.88 Å². The van der Waals surface area contributed by atoms with Gasteiger partial charge in [-0.2, -0.15) is 0 Å². The number of rotatable bonds is 6. The Kier molecular flexibility index (Phi) is 4.67. The molecule has 1 amide bonds. The van der Waals surface area contributed by atoms with Crippen molar-refractivity contribution in [1.29, 1.82) is 0 Å². The fourth-order valence-corrected chi connectivity index (χ4v) is 4.14. The third-order valence-electron chi connectivity index (χ3n) is 5.11. The molecule has 0 radical (unpaired) electrons. The van der Waals surface area contributed by atoms with E-state index in [1.807, 2.05) is 43.3 Å². The maximum atomic E-state index is 12.3. The van der Waals surface area contributed by atoms with Crippen LogP contribution in [0.3, 0.4) is 0 Å². The van der Waals surface area contributed by atoms with Gasteiger partial charge in [0.1, 0.15) is 5.52 Å². The van der Waals surface area contributed by atoms with Crippen molar-refractivity contribution in [2.45, 2.75) is 42.8 Å². The molecule has 1 unspecified atom stereocenters. The van der Waals surface area contributed by atoms with Gasteiger partial charge in [-0.3, -0.25) is 4.79 Å². The lowest BCUT2D eigenvalue weighted by atomic mass is 10.2. The van der Waals surface area contributed by atoms with Gasteiger partial charge in [-0.15, -0.1) is 10.2 Å².